The van der Waals surface area contributed by atoms with Crippen LogP contribution >= 0.6 is 0 Å². The number of benzene rings is 2. The number of hydrogen-bond acceptors (Lipinski definition) is 3. The Morgan fingerprint density at radius 1 is 0.939 bits per heavy atom. The van der Waals surface area contributed by atoms with Gasteiger partial charge >= 0.3 is 0 Å². The molecule has 1 aromatic heterocycles. The second-order valence-electron chi connectivity index (χ2n) is 9.20. The normalized spacial score (nSPS) is 22.8. The Bertz CT molecular complexity index is 1050. The Kier molecular flexibility index (Phi) is 6.68. The highest BCUT2D eigenvalue weighted by Crippen LogP contribution is 2.36. The van der Waals surface area contributed by atoms with E-state index in [0.717, 1.165) is 30.3 Å². The van der Waals surface area contributed by atoms with Gasteiger partial charge in [-0.1, -0.05) is 54.6 Å². The molecule has 170 valence electrons. The molecule has 3 heterocycles. The van der Waals surface area contributed by atoms with Crippen LogP contribution in [0.1, 0.15) is 36.8 Å². The minimum Gasteiger partial charge on any atom is -0.354 e. The lowest BCUT2D eigenvalue weighted by Gasteiger charge is -2.39. The van der Waals surface area contributed by atoms with Gasteiger partial charge in [-0.3, -0.25) is 14.9 Å². The summed E-state index contributed by atoms with van der Waals surface area (Å²) in [6.45, 7) is 1.81. The molecule has 0 spiro atoms. The fourth-order valence-electron chi connectivity index (χ4n) is 5.39. The average Bonchev–Trinajstić information content (AvgIpc) is 3.10. The molecule has 0 amide bonds. The molecule has 0 saturated carbocycles. The van der Waals surface area contributed by atoms with Crippen molar-refractivity contribution < 1.29 is 0 Å². The Balaban J connectivity index is 1.16. The van der Waals surface area contributed by atoms with E-state index in [1.807, 2.05) is 31.4 Å². The maximum Gasteiger partial charge on any atom is 0.191 e. The number of rotatable bonds is 6. The lowest BCUT2D eigenvalue weighted by Crippen LogP contribution is -2.52. The molecule has 2 saturated heterocycles. The molecule has 3 aromatic rings. The number of guanidine groups is 1. The third-order valence-electron chi connectivity index (χ3n) is 7.00. The van der Waals surface area contributed by atoms with Gasteiger partial charge in [0.05, 0.1) is 5.69 Å². The zero-order valence-electron chi connectivity index (χ0n) is 19.3. The molecular weight excluding hydrogens is 406 g/mol. The van der Waals surface area contributed by atoms with Gasteiger partial charge in [0.15, 0.2) is 5.96 Å². The quantitative estimate of drug-likeness (QED) is 0.435. The largest absolute Gasteiger partial charge is 0.354 e. The molecule has 2 aromatic carbocycles. The molecule has 2 atom stereocenters. The average molecular weight is 440 g/mol. The monoisotopic (exact) mass is 439 g/mol. The molecule has 0 radical (unpaired) electrons. The van der Waals surface area contributed by atoms with E-state index in [1.54, 1.807) is 0 Å². The summed E-state index contributed by atoms with van der Waals surface area (Å²) < 4.78 is 0. The number of nitrogens with one attached hydrogen (secondary N) is 2. The summed E-state index contributed by atoms with van der Waals surface area (Å²) in [5.41, 5.74) is 4.78. The first-order chi connectivity index (χ1) is 16.3. The van der Waals surface area contributed by atoms with E-state index in [0.29, 0.717) is 18.1 Å². The third-order valence-corrected chi connectivity index (χ3v) is 7.00. The van der Waals surface area contributed by atoms with Gasteiger partial charge in [-0.25, -0.2) is 0 Å². The first-order valence-electron chi connectivity index (χ1n) is 12.1. The molecule has 2 N–H and O–H groups in total. The van der Waals surface area contributed by atoms with Crippen LogP contribution in [0.15, 0.2) is 84.0 Å². The van der Waals surface area contributed by atoms with Crippen molar-refractivity contribution in [1.82, 2.24) is 20.5 Å². The fraction of sp³-hybridized carbons (Fsp3) is 0.357. The van der Waals surface area contributed by atoms with Crippen molar-refractivity contribution in [3.05, 3.63) is 90.1 Å². The zero-order chi connectivity index (χ0) is 22.5. The minimum atomic E-state index is 0.473. The lowest BCUT2D eigenvalue weighted by molar-refractivity contribution is 0.114. The SMILES string of the molecule is CN=C(NCc1cccc(-c2ccccn2)c1)NC1CC2CCC(C1)N2Cc1ccccc1. The van der Waals surface area contributed by atoms with Crippen molar-refractivity contribution in [2.24, 2.45) is 4.99 Å². The summed E-state index contributed by atoms with van der Waals surface area (Å²) >= 11 is 0. The molecule has 0 aliphatic carbocycles. The van der Waals surface area contributed by atoms with Crippen LogP contribution in [0.25, 0.3) is 11.3 Å². The summed E-state index contributed by atoms with van der Waals surface area (Å²) in [5.74, 6) is 0.888. The van der Waals surface area contributed by atoms with E-state index in [-0.39, 0.29) is 0 Å². The summed E-state index contributed by atoms with van der Waals surface area (Å²) in [5, 5.41) is 7.22. The second-order valence-corrected chi connectivity index (χ2v) is 9.20. The number of hydrogen-bond donors (Lipinski definition) is 2. The molecule has 5 nitrogen and oxygen atoms in total. The Labute approximate surface area is 197 Å². The van der Waals surface area contributed by atoms with Gasteiger partial charge in [0.2, 0.25) is 0 Å². The van der Waals surface area contributed by atoms with Crippen LogP contribution in [0.2, 0.25) is 0 Å². The van der Waals surface area contributed by atoms with Crippen LogP contribution in [0, 0.1) is 0 Å². The predicted molar refractivity (Wildman–Crippen MR) is 135 cm³/mol. The van der Waals surface area contributed by atoms with Gasteiger partial charge in [0, 0.05) is 50.0 Å². The molecule has 5 rings (SSSR count). The van der Waals surface area contributed by atoms with Crippen molar-refractivity contribution in [2.45, 2.75) is 56.9 Å². The Morgan fingerprint density at radius 2 is 1.70 bits per heavy atom. The van der Waals surface area contributed by atoms with E-state index < -0.39 is 0 Å². The van der Waals surface area contributed by atoms with Crippen molar-refractivity contribution >= 4 is 5.96 Å². The number of aliphatic imine (C=N–C) groups is 1. The van der Waals surface area contributed by atoms with Crippen molar-refractivity contribution in [3.8, 4) is 11.3 Å². The second kappa shape index (κ2) is 10.2. The van der Waals surface area contributed by atoms with Gasteiger partial charge < -0.3 is 10.6 Å². The Hall–Kier alpha value is -3.18. The summed E-state index contributed by atoms with van der Waals surface area (Å²) in [4.78, 5) is 11.7. The van der Waals surface area contributed by atoms with Crippen LogP contribution in [-0.4, -0.2) is 41.0 Å². The lowest BCUT2D eigenvalue weighted by atomic mass is 9.96. The minimum absolute atomic E-state index is 0.473. The van der Waals surface area contributed by atoms with Crippen LogP contribution in [0.5, 0.6) is 0 Å². The van der Waals surface area contributed by atoms with Crippen molar-refractivity contribution in [1.29, 1.82) is 0 Å². The van der Waals surface area contributed by atoms with Crippen molar-refractivity contribution in [2.75, 3.05) is 7.05 Å². The topological polar surface area (TPSA) is 52.6 Å². The maximum atomic E-state index is 4.50. The van der Waals surface area contributed by atoms with Gasteiger partial charge in [0.25, 0.3) is 0 Å². The molecule has 2 aliphatic heterocycles. The smallest absolute Gasteiger partial charge is 0.191 e. The highest BCUT2D eigenvalue weighted by atomic mass is 15.2. The van der Waals surface area contributed by atoms with Gasteiger partial charge in [0.1, 0.15) is 0 Å². The van der Waals surface area contributed by atoms with Crippen molar-refractivity contribution in [3.63, 3.8) is 0 Å². The van der Waals surface area contributed by atoms with E-state index in [4.69, 9.17) is 0 Å². The summed E-state index contributed by atoms with van der Waals surface area (Å²) in [7, 11) is 1.86. The van der Waals surface area contributed by atoms with Gasteiger partial charge in [-0.05, 0) is 55.0 Å². The van der Waals surface area contributed by atoms with E-state index >= 15 is 0 Å². The number of piperidine rings is 1. The molecule has 2 unspecified atom stereocenters. The fourth-order valence-corrected chi connectivity index (χ4v) is 5.39. The molecule has 33 heavy (non-hydrogen) atoms. The Morgan fingerprint density at radius 3 is 2.42 bits per heavy atom. The van der Waals surface area contributed by atoms with E-state index in [1.165, 1.54) is 36.8 Å². The van der Waals surface area contributed by atoms with Gasteiger partial charge in [-0.15, -0.1) is 0 Å². The zero-order valence-corrected chi connectivity index (χ0v) is 19.3. The summed E-state index contributed by atoms with van der Waals surface area (Å²) in [6, 6.07) is 27.3. The molecular formula is C28H33N5. The predicted octanol–water partition coefficient (Wildman–Crippen LogP) is 4.61. The molecule has 2 aliphatic rings. The molecule has 2 bridgehead atoms. The first kappa shape index (κ1) is 21.7. The molecule has 2 fully saturated rings. The van der Waals surface area contributed by atoms with E-state index in [2.05, 4.69) is 80.1 Å². The van der Waals surface area contributed by atoms with Crippen LogP contribution < -0.4 is 10.6 Å². The number of aromatic nitrogens is 1. The number of fused-ring (bicyclic) bond motifs is 2. The summed E-state index contributed by atoms with van der Waals surface area (Å²) in [6.07, 6.45) is 6.81. The number of nitrogens with zero attached hydrogens (tertiary/aromatic N) is 3. The highest BCUT2D eigenvalue weighted by molar-refractivity contribution is 5.80. The standard InChI is InChI=1S/C28H33N5/c1-29-28(31-19-22-10-7-11-23(16-22)27-12-5-6-15-30-27)32-24-17-25-13-14-26(18-24)33(25)20-21-8-3-2-4-9-21/h2-12,15-16,24-26H,13-14,17-20H2,1H3,(H2,29,31,32). The number of pyridine rings is 1. The van der Waals surface area contributed by atoms with Crippen LogP contribution in [-0.2, 0) is 13.1 Å². The van der Waals surface area contributed by atoms with Gasteiger partial charge in [-0.2, -0.15) is 0 Å². The van der Waals surface area contributed by atoms with Crippen LogP contribution in [0.3, 0.4) is 0 Å². The highest BCUT2D eigenvalue weighted by Gasteiger charge is 2.40. The molecule has 5 heteroatoms. The maximum absolute atomic E-state index is 4.50. The third kappa shape index (κ3) is 5.25. The van der Waals surface area contributed by atoms with Crippen LogP contribution in [0.4, 0.5) is 0 Å². The first-order valence-corrected chi connectivity index (χ1v) is 12.1. The van der Waals surface area contributed by atoms with E-state index in [9.17, 15) is 0 Å².